The minimum atomic E-state index is -0.833. The summed E-state index contributed by atoms with van der Waals surface area (Å²) in [5, 5.41) is 0. The molecule has 0 aromatic carbocycles. The van der Waals surface area contributed by atoms with Crippen molar-refractivity contribution in [2.75, 3.05) is 13.2 Å². The second-order valence-corrected chi connectivity index (χ2v) is 18.8. The van der Waals surface area contributed by atoms with E-state index in [9.17, 15) is 14.4 Å². The van der Waals surface area contributed by atoms with Gasteiger partial charge in [-0.2, -0.15) is 0 Å². The number of carbonyl (C=O) groups excluding carboxylic acids is 3. The normalized spacial score (nSPS) is 13.5. The van der Waals surface area contributed by atoms with Gasteiger partial charge in [0, 0.05) is 19.3 Å². The van der Waals surface area contributed by atoms with Crippen LogP contribution < -0.4 is 0 Å². The molecule has 0 heterocycles. The summed E-state index contributed by atoms with van der Waals surface area (Å²) in [6.45, 7) is 6.27. The Balaban J connectivity index is 4.37. The van der Waals surface area contributed by atoms with Crippen LogP contribution >= 0.6 is 0 Å². The quantitative estimate of drug-likeness (QED) is 0.0261. The van der Waals surface area contributed by atoms with Gasteiger partial charge in [0.25, 0.3) is 0 Å². The summed E-state index contributed by atoms with van der Waals surface area (Å²) >= 11 is 0. The molecule has 0 aliphatic rings. The number of rotatable bonds is 51. The van der Waals surface area contributed by atoms with Gasteiger partial charge in [-0.25, -0.2) is 0 Å². The fourth-order valence-corrected chi connectivity index (χ4v) is 7.27. The molecule has 1 unspecified atom stereocenters. The lowest BCUT2D eigenvalue weighted by molar-refractivity contribution is -0.167. The topological polar surface area (TPSA) is 78.9 Å². The lowest BCUT2D eigenvalue weighted by atomic mass is 10.1. The molecule has 0 saturated carbocycles. The Labute approximate surface area is 465 Å². The Kier molecular flexibility index (Phi) is 57.6. The van der Waals surface area contributed by atoms with E-state index >= 15 is 0 Å². The molecule has 0 fully saturated rings. The van der Waals surface area contributed by atoms with E-state index in [1.165, 1.54) is 32.1 Å². The van der Waals surface area contributed by atoms with E-state index in [-0.39, 0.29) is 44.0 Å². The molecule has 0 aromatic heterocycles. The molecule has 0 bridgehead atoms. The summed E-state index contributed by atoms with van der Waals surface area (Å²) in [6.07, 6.45) is 93.4. The van der Waals surface area contributed by atoms with E-state index in [2.05, 4.69) is 203 Å². The van der Waals surface area contributed by atoms with Gasteiger partial charge in [0.05, 0.1) is 0 Å². The molecular formula is C70H106O6. The third-order valence-corrected chi connectivity index (χ3v) is 11.7. The van der Waals surface area contributed by atoms with Gasteiger partial charge in [-0.15, -0.1) is 0 Å². The molecule has 0 rings (SSSR count). The summed E-state index contributed by atoms with van der Waals surface area (Å²) < 4.78 is 16.7. The molecule has 0 aliphatic carbocycles. The maximum atomic E-state index is 12.8. The number of esters is 3. The first kappa shape index (κ1) is 70.5. The van der Waals surface area contributed by atoms with Crippen molar-refractivity contribution in [2.45, 2.75) is 226 Å². The van der Waals surface area contributed by atoms with Gasteiger partial charge in [0.1, 0.15) is 13.2 Å². The average molecular weight is 1040 g/mol. The van der Waals surface area contributed by atoms with Gasteiger partial charge in [-0.3, -0.25) is 14.4 Å². The maximum absolute atomic E-state index is 12.8. The SMILES string of the molecule is CC/C=C\C/C=C\C/C=C\C/C=C\C/C=C\C/C=C\C/C=C\C/C=C\C/C=C\C/C=C\CCCCC(=O)OCC(COC(=O)CCCCCCCCCC)OC(=O)CCC/C=C\C/C=C\C/C=C\C/C=C\C/C=C\CC. The summed E-state index contributed by atoms with van der Waals surface area (Å²) in [4.78, 5) is 38.0. The third-order valence-electron chi connectivity index (χ3n) is 11.7. The van der Waals surface area contributed by atoms with Crippen LogP contribution in [-0.4, -0.2) is 37.2 Å². The highest BCUT2D eigenvalue weighted by Crippen LogP contribution is 2.12. The zero-order valence-electron chi connectivity index (χ0n) is 48.2. The molecule has 6 heteroatoms. The van der Waals surface area contributed by atoms with Crippen molar-refractivity contribution in [3.63, 3.8) is 0 Å². The summed E-state index contributed by atoms with van der Waals surface area (Å²) in [6, 6.07) is 0. The molecule has 0 spiro atoms. The zero-order valence-corrected chi connectivity index (χ0v) is 48.2. The lowest BCUT2D eigenvalue weighted by Crippen LogP contribution is -2.30. The highest BCUT2D eigenvalue weighted by atomic mass is 16.6. The number of allylic oxidation sites excluding steroid dienone is 30. The van der Waals surface area contributed by atoms with E-state index in [0.29, 0.717) is 19.3 Å². The van der Waals surface area contributed by atoms with Crippen LogP contribution in [0.3, 0.4) is 0 Å². The van der Waals surface area contributed by atoms with Crippen molar-refractivity contribution in [3.05, 3.63) is 182 Å². The fourth-order valence-electron chi connectivity index (χ4n) is 7.27. The molecule has 0 N–H and O–H groups in total. The van der Waals surface area contributed by atoms with Crippen molar-refractivity contribution < 1.29 is 28.6 Å². The molecule has 0 saturated heterocycles. The Morgan fingerprint density at radius 2 is 0.526 bits per heavy atom. The molecule has 0 aromatic rings. The van der Waals surface area contributed by atoms with E-state index in [0.717, 1.165) is 135 Å². The first-order valence-electron chi connectivity index (χ1n) is 29.8. The Bertz CT molecular complexity index is 1820. The Morgan fingerprint density at radius 3 is 0.842 bits per heavy atom. The number of ether oxygens (including phenoxy) is 3. The van der Waals surface area contributed by atoms with Gasteiger partial charge in [0.2, 0.25) is 0 Å². The smallest absolute Gasteiger partial charge is 0.306 e. The predicted molar refractivity (Wildman–Crippen MR) is 329 cm³/mol. The van der Waals surface area contributed by atoms with Gasteiger partial charge in [-0.1, -0.05) is 248 Å². The molecule has 0 aliphatic heterocycles. The summed E-state index contributed by atoms with van der Waals surface area (Å²) in [7, 11) is 0. The molecule has 6 nitrogen and oxygen atoms in total. The zero-order chi connectivity index (χ0) is 55.0. The van der Waals surface area contributed by atoms with Crippen LogP contribution in [0.4, 0.5) is 0 Å². The van der Waals surface area contributed by atoms with Gasteiger partial charge in [-0.05, 0) is 135 Å². The lowest BCUT2D eigenvalue weighted by Gasteiger charge is -2.18. The monoisotopic (exact) mass is 1040 g/mol. The standard InChI is InChI=1S/C70H106O6/c1-4-7-10-13-16-19-21-23-25-27-28-29-30-31-32-33-34-35-36-37-38-39-40-41-42-44-45-47-49-51-54-57-60-63-69(72)75-66-67(65-74-68(71)62-59-56-53-18-15-12-9-6-3)76-70(73)64-61-58-55-52-50-48-46-43-26-24-22-20-17-14-11-8-5-2/h7-8,10-11,16-17,19-20,23-26,28-29,31-32,34-35,37-38,40-41,44-46,48-49,51-52,55,67H,4-6,9,12-15,18,21-22,27,30,33,36,39,42-43,47,50,53-54,56-66H2,1-3H3/b10-7-,11-8-,19-16-,20-17-,25-23-,26-24-,29-28-,32-31-,35-34-,38-37-,41-40-,45-44-,48-46-,51-49-,55-52-. The molecule has 0 radical (unpaired) electrons. The van der Waals surface area contributed by atoms with Gasteiger partial charge >= 0.3 is 17.9 Å². The van der Waals surface area contributed by atoms with Crippen molar-refractivity contribution in [3.8, 4) is 0 Å². The number of hydrogen-bond acceptors (Lipinski definition) is 6. The first-order chi connectivity index (χ1) is 37.5. The van der Waals surface area contributed by atoms with Crippen LogP contribution in [0.15, 0.2) is 182 Å². The average Bonchev–Trinajstić information content (AvgIpc) is 3.42. The minimum Gasteiger partial charge on any atom is -0.462 e. The first-order valence-corrected chi connectivity index (χ1v) is 29.8. The van der Waals surface area contributed by atoms with Gasteiger partial charge in [0.15, 0.2) is 6.10 Å². The van der Waals surface area contributed by atoms with E-state index < -0.39 is 6.10 Å². The van der Waals surface area contributed by atoms with Crippen LogP contribution in [0.5, 0.6) is 0 Å². The molecular weight excluding hydrogens is 937 g/mol. The van der Waals surface area contributed by atoms with Crippen LogP contribution in [-0.2, 0) is 28.6 Å². The number of unbranched alkanes of at least 4 members (excludes halogenated alkanes) is 10. The van der Waals surface area contributed by atoms with Crippen LogP contribution in [0.25, 0.3) is 0 Å². The van der Waals surface area contributed by atoms with Crippen molar-refractivity contribution in [1.29, 1.82) is 0 Å². The maximum Gasteiger partial charge on any atom is 0.306 e. The largest absolute Gasteiger partial charge is 0.462 e. The fraction of sp³-hybridized carbons (Fsp3) is 0.529. The number of carbonyl (C=O) groups is 3. The Morgan fingerprint density at radius 1 is 0.276 bits per heavy atom. The second kappa shape index (κ2) is 62.1. The predicted octanol–water partition coefficient (Wildman–Crippen LogP) is 20.5. The number of hydrogen-bond donors (Lipinski definition) is 0. The third kappa shape index (κ3) is 59.4. The molecule has 1 atom stereocenters. The van der Waals surface area contributed by atoms with E-state index in [1.54, 1.807) is 0 Å². The van der Waals surface area contributed by atoms with Crippen LogP contribution in [0, 0.1) is 0 Å². The van der Waals surface area contributed by atoms with Crippen LogP contribution in [0.2, 0.25) is 0 Å². The van der Waals surface area contributed by atoms with Crippen molar-refractivity contribution in [2.24, 2.45) is 0 Å². The molecule has 422 valence electrons. The summed E-state index contributed by atoms with van der Waals surface area (Å²) in [5.41, 5.74) is 0. The van der Waals surface area contributed by atoms with E-state index in [1.807, 2.05) is 0 Å². The van der Waals surface area contributed by atoms with E-state index in [4.69, 9.17) is 14.2 Å². The highest BCUT2D eigenvalue weighted by molar-refractivity contribution is 5.71. The highest BCUT2D eigenvalue weighted by Gasteiger charge is 2.19. The summed E-state index contributed by atoms with van der Waals surface area (Å²) in [5.74, 6) is -1.04. The van der Waals surface area contributed by atoms with Crippen molar-refractivity contribution in [1.82, 2.24) is 0 Å². The Hall–Kier alpha value is -5.49. The molecule has 76 heavy (non-hydrogen) atoms. The van der Waals surface area contributed by atoms with Gasteiger partial charge < -0.3 is 14.2 Å². The van der Waals surface area contributed by atoms with Crippen molar-refractivity contribution >= 4 is 17.9 Å². The van der Waals surface area contributed by atoms with Crippen LogP contribution in [0.1, 0.15) is 220 Å². The molecule has 0 amide bonds. The minimum absolute atomic E-state index is 0.122. The second-order valence-electron chi connectivity index (χ2n) is 18.8.